The highest BCUT2D eigenvalue weighted by molar-refractivity contribution is 5.77. The summed E-state index contributed by atoms with van der Waals surface area (Å²) in [5.41, 5.74) is 5.50. The molecule has 0 aromatic carbocycles. The van der Waals surface area contributed by atoms with Crippen molar-refractivity contribution in [1.29, 1.82) is 0 Å². The lowest BCUT2D eigenvalue weighted by molar-refractivity contribution is -0.134. The Labute approximate surface area is 96.9 Å². The van der Waals surface area contributed by atoms with Crippen molar-refractivity contribution in [2.45, 2.75) is 31.4 Å². The molecule has 5 heteroatoms. The molecule has 0 aliphatic heterocycles. The van der Waals surface area contributed by atoms with Crippen molar-refractivity contribution in [2.75, 3.05) is 33.9 Å². The lowest BCUT2D eigenvalue weighted by Gasteiger charge is -2.24. The number of nitrogens with two attached hydrogens (primary N) is 1. The quantitative estimate of drug-likeness (QED) is 0.637. The molecule has 94 valence electrons. The molecular weight excluding hydrogens is 208 g/mol. The van der Waals surface area contributed by atoms with E-state index in [4.69, 9.17) is 15.2 Å². The van der Waals surface area contributed by atoms with Gasteiger partial charge in [-0.2, -0.15) is 0 Å². The van der Waals surface area contributed by atoms with Crippen LogP contribution >= 0.6 is 0 Å². The number of rotatable bonds is 8. The number of methoxy groups -OCH3 is 2. The molecular formula is C11H22N2O3. The van der Waals surface area contributed by atoms with Crippen LogP contribution in [0.5, 0.6) is 0 Å². The minimum absolute atomic E-state index is 0.122. The van der Waals surface area contributed by atoms with Crippen LogP contribution in [0.1, 0.15) is 19.3 Å². The summed E-state index contributed by atoms with van der Waals surface area (Å²) in [4.78, 5) is 13.9. The first-order valence-electron chi connectivity index (χ1n) is 5.74. The molecule has 16 heavy (non-hydrogen) atoms. The van der Waals surface area contributed by atoms with Gasteiger partial charge < -0.3 is 20.1 Å². The van der Waals surface area contributed by atoms with Crippen LogP contribution < -0.4 is 5.73 Å². The van der Waals surface area contributed by atoms with E-state index in [1.807, 2.05) is 4.90 Å². The first-order valence-corrected chi connectivity index (χ1v) is 5.74. The number of hydrogen-bond acceptors (Lipinski definition) is 4. The number of ether oxygens (including phenoxy) is 2. The minimum Gasteiger partial charge on any atom is -0.383 e. The Morgan fingerprint density at radius 2 is 2.19 bits per heavy atom. The molecule has 1 saturated carbocycles. The molecule has 5 nitrogen and oxygen atoms in total. The number of carbonyl (C=O) groups excluding carboxylic acids is 1. The highest BCUT2D eigenvalue weighted by Gasteiger charge is 2.32. The topological polar surface area (TPSA) is 64.8 Å². The zero-order valence-corrected chi connectivity index (χ0v) is 10.1. The fourth-order valence-corrected chi connectivity index (χ4v) is 1.66. The van der Waals surface area contributed by atoms with Crippen LogP contribution in [0.2, 0.25) is 0 Å². The van der Waals surface area contributed by atoms with Crippen LogP contribution in [-0.4, -0.2) is 56.9 Å². The Hall–Kier alpha value is -0.650. The van der Waals surface area contributed by atoms with E-state index < -0.39 is 0 Å². The third-order valence-electron chi connectivity index (χ3n) is 2.84. The van der Waals surface area contributed by atoms with E-state index in [1.54, 1.807) is 14.2 Å². The van der Waals surface area contributed by atoms with E-state index in [-0.39, 0.29) is 12.0 Å². The predicted octanol–water partition coefficient (Wildman–Crippen LogP) is -0.0124. The Morgan fingerprint density at radius 1 is 1.50 bits per heavy atom. The van der Waals surface area contributed by atoms with Crippen LogP contribution in [0.15, 0.2) is 0 Å². The van der Waals surface area contributed by atoms with E-state index in [0.29, 0.717) is 32.2 Å². The van der Waals surface area contributed by atoms with Crippen molar-refractivity contribution in [2.24, 2.45) is 5.73 Å². The van der Waals surface area contributed by atoms with E-state index in [9.17, 15) is 4.79 Å². The van der Waals surface area contributed by atoms with Crippen molar-refractivity contribution in [3.63, 3.8) is 0 Å². The molecule has 0 radical (unpaired) electrons. The van der Waals surface area contributed by atoms with Crippen molar-refractivity contribution < 1.29 is 14.3 Å². The lowest BCUT2D eigenvalue weighted by atomic mass is 10.2. The maximum absolute atomic E-state index is 12.0. The highest BCUT2D eigenvalue weighted by atomic mass is 16.5. The van der Waals surface area contributed by atoms with Crippen molar-refractivity contribution >= 4 is 5.91 Å². The van der Waals surface area contributed by atoms with Crippen LogP contribution in [0.25, 0.3) is 0 Å². The normalized spacial score (nSPS) is 17.2. The molecule has 0 saturated heterocycles. The number of amides is 1. The minimum atomic E-state index is -0.170. The fourth-order valence-electron chi connectivity index (χ4n) is 1.66. The van der Waals surface area contributed by atoms with Gasteiger partial charge >= 0.3 is 0 Å². The summed E-state index contributed by atoms with van der Waals surface area (Å²) < 4.78 is 10.1. The van der Waals surface area contributed by atoms with Gasteiger partial charge in [-0.1, -0.05) is 0 Å². The fraction of sp³-hybridized carbons (Fsp3) is 0.909. The molecule has 0 spiro atoms. The van der Waals surface area contributed by atoms with Crippen molar-refractivity contribution in [1.82, 2.24) is 4.90 Å². The summed E-state index contributed by atoms with van der Waals surface area (Å²) in [5, 5.41) is 0. The Bertz CT molecular complexity index is 215. The van der Waals surface area contributed by atoms with Gasteiger partial charge in [0, 0.05) is 33.4 Å². The molecule has 1 rings (SSSR count). The van der Waals surface area contributed by atoms with Crippen molar-refractivity contribution in [3.05, 3.63) is 0 Å². The maximum Gasteiger partial charge on any atom is 0.225 e. The highest BCUT2D eigenvalue weighted by Crippen LogP contribution is 2.27. The van der Waals surface area contributed by atoms with Gasteiger partial charge in [-0.25, -0.2) is 0 Å². The first kappa shape index (κ1) is 13.4. The van der Waals surface area contributed by atoms with Gasteiger partial charge in [0.2, 0.25) is 5.91 Å². The number of nitrogens with zero attached hydrogens (tertiary/aromatic N) is 1. The summed E-state index contributed by atoms with van der Waals surface area (Å²) in [5.74, 6) is 0.122. The van der Waals surface area contributed by atoms with Gasteiger partial charge in [0.05, 0.1) is 19.1 Å². The molecule has 1 aliphatic rings. The average Bonchev–Trinajstić information content (AvgIpc) is 3.10. The molecule has 0 bridgehead atoms. The maximum atomic E-state index is 12.0. The van der Waals surface area contributed by atoms with Gasteiger partial charge in [-0.3, -0.25) is 4.79 Å². The molecule has 0 aromatic heterocycles. The Morgan fingerprint density at radius 3 is 2.62 bits per heavy atom. The smallest absolute Gasteiger partial charge is 0.225 e. The molecule has 1 unspecified atom stereocenters. The summed E-state index contributed by atoms with van der Waals surface area (Å²) in [6.45, 7) is 1.63. The van der Waals surface area contributed by atoms with Gasteiger partial charge in [-0.05, 0) is 12.8 Å². The summed E-state index contributed by atoms with van der Waals surface area (Å²) in [7, 11) is 3.23. The summed E-state index contributed by atoms with van der Waals surface area (Å²) >= 11 is 0. The van der Waals surface area contributed by atoms with Crippen LogP contribution in [0, 0.1) is 0 Å². The van der Waals surface area contributed by atoms with E-state index in [1.165, 1.54) is 0 Å². The standard InChI is InChI=1S/C11H22N2O3/c1-15-6-5-13(9-3-4-9)11(14)7-10(8-12)16-2/h9-10H,3-8,12H2,1-2H3. The zero-order valence-electron chi connectivity index (χ0n) is 10.1. The van der Waals surface area contributed by atoms with Gasteiger partial charge in [0.1, 0.15) is 0 Å². The predicted molar refractivity (Wildman–Crippen MR) is 61.1 cm³/mol. The van der Waals surface area contributed by atoms with Crippen LogP contribution in [-0.2, 0) is 14.3 Å². The third-order valence-corrected chi connectivity index (χ3v) is 2.84. The third kappa shape index (κ3) is 4.08. The molecule has 0 heterocycles. The van der Waals surface area contributed by atoms with E-state index in [0.717, 1.165) is 12.8 Å². The first-order chi connectivity index (χ1) is 7.72. The monoisotopic (exact) mass is 230 g/mol. The summed E-state index contributed by atoms with van der Waals surface area (Å²) in [6.07, 6.45) is 2.41. The van der Waals surface area contributed by atoms with Gasteiger partial charge in [-0.15, -0.1) is 0 Å². The molecule has 1 atom stereocenters. The average molecular weight is 230 g/mol. The molecule has 2 N–H and O–H groups in total. The number of hydrogen-bond donors (Lipinski definition) is 1. The summed E-state index contributed by atoms with van der Waals surface area (Å²) in [6, 6.07) is 0.415. The van der Waals surface area contributed by atoms with E-state index in [2.05, 4.69) is 0 Å². The zero-order chi connectivity index (χ0) is 12.0. The molecule has 0 aromatic rings. The second-order valence-electron chi connectivity index (χ2n) is 4.11. The largest absolute Gasteiger partial charge is 0.383 e. The lowest BCUT2D eigenvalue weighted by Crippen LogP contribution is -2.39. The second kappa shape index (κ2) is 6.83. The Balaban J connectivity index is 2.40. The second-order valence-corrected chi connectivity index (χ2v) is 4.11. The molecule has 1 fully saturated rings. The number of carbonyl (C=O) groups is 1. The van der Waals surface area contributed by atoms with Gasteiger partial charge in [0.25, 0.3) is 0 Å². The Kier molecular flexibility index (Phi) is 5.73. The van der Waals surface area contributed by atoms with Crippen LogP contribution in [0.4, 0.5) is 0 Å². The van der Waals surface area contributed by atoms with E-state index >= 15 is 0 Å². The molecule has 1 aliphatic carbocycles. The SMILES string of the molecule is COCCN(C(=O)CC(CN)OC)C1CC1. The van der Waals surface area contributed by atoms with Gasteiger partial charge in [0.15, 0.2) is 0 Å². The van der Waals surface area contributed by atoms with Crippen LogP contribution in [0.3, 0.4) is 0 Å². The van der Waals surface area contributed by atoms with Crippen molar-refractivity contribution in [3.8, 4) is 0 Å². The molecule has 1 amide bonds.